The molecule has 2 aromatic carbocycles. The van der Waals surface area contributed by atoms with Gasteiger partial charge in [0.25, 0.3) is 11.8 Å². The minimum atomic E-state index is -4.39. The highest BCUT2D eigenvalue weighted by Crippen LogP contribution is 2.37. The first kappa shape index (κ1) is 25.1. The van der Waals surface area contributed by atoms with Gasteiger partial charge in [-0.15, -0.1) is 0 Å². The number of likely N-dealkylation sites (tertiary alicyclic amines) is 1. The molecule has 4 amide bonds. The zero-order valence-corrected chi connectivity index (χ0v) is 19.7. The quantitative estimate of drug-likeness (QED) is 0.607. The van der Waals surface area contributed by atoms with Gasteiger partial charge >= 0.3 is 6.18 Å². The van der Waals surface area contributed by atoms with Gasteiger partial charge in [-0.25, -0.2) is 0 Å². The third kappa shape index (κ3) is 4.64. The number of halogens is 3. The zero-order valence-electron chi connectivity index (χ0n) is 19.7. The summed E-state index contributed by atoms with van der Waals surface area (Å²) in [6.07, 6.45) is -3.66. The highest BCUT2D eigenvalue weighted by Gasteiger charge is 2.45. The first-order chi connectivity index (χ1) is 17.5. The molecule has 0 saturated carbocycles. The second-order valence-corrected chi connectivity index (χ2v) is 9.71. The van der Waals surface area contributed by atoms with Crippen LogP contribution in [0.5, 0.6) is 0 Å². The number of fused-ring (bicyclic) bond motifs is 1. The van der Waals surface area contributed by atoms with Gasteiger partial charge in [0.15, 0.2) is 0 Å². The van der Waals surface area contributed by atoms with E-state index in [1.54, 1.807) is 6.07 Å². The lowest BCUT2D eigenvalue weighted by Gasteiger charge is -2.38. The lowest BCUT2D eigenvalue weighted by molar-refractivity contribution is -0.138. The van der Waals surface area contributed by atoms with E-state index >= 15 is 0 Å². The molecule has 0 spiro atoms. The Balaban J connectivity index is 1.27. The maximum Gasteiger partial charge on any atom is 0.416 e. The molecule has 2 fully saturated rings. The Hall–Kier alpha value is -3.57. The molecule has 37 heavy (non-hydrogen) atoms. The van der Waals surface area contributed by atoms with Crippen LogP contribution in [-0.4, -0.2) is 57.7 Å². The maximum absolute atomic E-state index is 13.1. The van der Waals surface area contributed by atoms with Crippen molar-refractivity contribution in [1.29, 1.82) is 0 Å². The van der Waals surface area contributed by atoms with Crippen molar-refractivity contribution < 1.29 is 37.5 Å². The molecule has 3 aliphatic rings. The summed E-state index contributed by atoms with van der Waals surface area (Å²) in [6, 6.07) is 8.50. The first-order valence-electron chi connectivity index (χ1n) is 11.9. The van der Waals surface area contributed by atoms with Crippen LogP contribution in [-0.2, 0) is 27.9 Å². The van der Waals surface area contributed by atoms with Crippen molar-refractivity contribution >= 4 is 23.6 Å². The second kappa shape index (κ2) is 9.07. The Bertz CT molecular complexity index is 1280. The number of carbonyl (C=O) groups excluding carboxylic acids is 4. The second-order valence-electron chi connectivity index (χ2n) is 9.71. The predicted molar refractivity (Wildman–Crippen MR) is 123 cm³/mol. The molecule has 0 radical (unpaired) electrons. The first-order valence-corrected chi connectivity index (χ1v) is 11.9. The van der Waals surface area contributed by atoms with E-state index in [1.165, 1.54) is 24.3 Å². The summed E-state index contributed by atoms with van der Waals surface area (Å²) in [5.41, 5.74) is -0.503. The standard InChI is InChI=1S/C26H24F3N3O5/c27-26(28,29)16-3-1-15(2-4-16)14-31-11-9-25(37,10-12-31)17-5-6-18-19(13-17)24(36)32(23(18)35)20-7-8-21(33)30-22(20)34/h1-6,13,20,37H,7-12,14H2,(H,30,33,34). The average molecular weight is 515 g/mol. The molecule has 0 bridgehead atoms. The number of alkyl halides is 3. The average Bonchev–Trinajstić information content (AvgIpc) is 3.10. The highest BCUT2D eigenvalue weighted by molar-refractivity contribution is 6.23. The Kier molecular flexibility index (Phi) is 6.15. The third-order valence-corrected chi connectivity index (χ3v) is 7.35. The fraction of sp³-hybridized carbons (Fsp3) is 0.385. The Morgan fingerprint density at radius 2 is 1.59 bits per heavy atom. The van der Waals surface area contributed by atoms with E-state index in [2.05, 4.69) is 5.32 Å². The van der Waals surface area contributed by atoms with Crippen molar-refractivity contribution in [1.82, 2.24) is 15.1 Å². The lowest BCUT2D eigenvalue weighted by atomic mass is 9.83. The summed E-state index contributed by atoms with van der Waals surface area (Å²) in [7, 11) is 0. The topological polar surface area (TPSA) is 107 Å². The van der Waals surface area contributed by atoms with E-state index in [0.717, 1.165) is 22.6 Å². The van der Waals surface area contributed by atoms with E-state index in [9.17, 15) is 37.5 Å². The van der Waals surface area contributed by atoms with Crippen LogP contribution in [0.4, 0.5) is 13.2 Å². The minimum absolute atomic E-state index is 0.0256. The molecule has 194 valence electrons. The third-order valence-electron chi connectivity index (χ3n) is 7.35. The van der Waals surface area contributed by atoms with E-state index in [1.807, 2.05) is 4.90 Å². The zero-order chi connectivity index (χ0) is 26.5. The molecule has 0 aliphatic carbocycles. The van der Waals surface area contributed by atoms with Gasteiger partial charge in [0.2, 0.25) is 11.8 Å². The largest absolute Gasteiger partial charge is 0.416 e. The van der Waals surface area contributed by atoms with Crippen LogP contribution in [0, 0.1) is 0 Å². The van der Waals surface area contributed by atoms with E-state index < -0.39 is 47.0 Å². The van der Waals surface area contributed by atoms with Gasteiger partial charge in [-0.3, -0.25) is 34.3 Å². The Morgan fingerprint density at radius 3 is 2.22 bits per heavy atom. The van der Waals surface area contributed by atoms with Crippen LogP contribution < -0.4 is 5.32 Å². The highest BCUT2D eigenvalue weighted by atomic mass is 19.4. The summed E-state index contributed by atoms with van der Waals surface area (Å²) in [6.45, 7) is 1.39. The van der Waals surface area contributed by atoms with Gasteiger partial charge in [-0.2, -0.15) is 13.2 Å². The number of carbonyl (C=O) groups is 4. The molecule has 8 nitrogen and oxygen atoms in total. The number of benzene rings is 2. The molecule has 2 aromatic rings. The smallest absolute Gasteiger partial charge is 0.385 e. The van der Waals surface area contributed by atoms with Crippen molar-refractivity contribution in [3.8, 4) is 0 Å². The van der Waals surface area contributed by atoms with Gasteiger partial charge in [0, 0.05) is 26.1 Å². The summed E-state index contributed by atoms with van der Waals surface area (Å²) in [4.78, 5) is 52.6. The number of hydrogen-bond donors (Lipinski definition) is 2. The monoisotopic (exact) mass is 515 g/mol. The molecular weight excluding hydrogens is 491 g/mol. The number of nitrogens with one attached hydrogen (secondary N) is 1. The molecule has 2 N–H and O–H groups in total. The van der Waals surface area contributed by atoms with Crippen molar-refractivity contribution in [2.75, 3.05) is 13.1 Å². The van der Waals surface area contributed by atoms with E-state index in [4.69, 9.17) is 0 Å². The fourth-order valence-electron chi connectivity index (χ4n) is 5.19. The van der Waals surface area contributed by atoms with Crippen molar-refractivity contribution in [2.24, 2.45) is 0 Å². The molecule has 5 rings (SSSR count). The van der Waals surface area contributed by atoms with Crippen LogP contribution in [0.15, 0.2) is 42.5 Å². The number of hydrogen-bond acceptors (Lipinski definition) is 6. The van der Waals surface area contributed by atoms with Crippen LogP contribution in [0.1, 0.15) is 63.1 Å². The molecular formula is C26H24F3N3O5. The minimum Gasteiger partial charge on any atom is -0.385 e. The molecule has 11 heteroatoms. The van der Waals surface area contributed by atoms with Crippen molar-refractivity contribution in [3.05, 3.63) is 70.3 Å². The Labute approximate surface area is 210 Å². The van der Waals surface area contributed by atoms with Gasteiger partial charge < -0.3 is 5.11 Å². The van der Waals surface area contributed by atoms with Crippen LogP contribution >= 0.6 is 0 Å². The summed E-state index contributed by atoms with van der Waals surface area (Å²) in [5.74, 6) is -2.39. The predicted octanol–water partition coefficient (Wildman–Crippen LogP) is 2.59. The van der Waals surface area contributed by atoms with E-state index in [-0.39, 0.29) is 24.0 Å². The summed E-state index contributed by atoms with van der Waals surface area (Å²) >= 11 is 0. The van der Waals surface area contributed by atoms with Gasteiger partial charge in [0.1, 0.15) is 6.04 Å². The molecule has 3 aliphatic heterocycles. The molecule has 3 heterocycles. The SMILES string of the molecule is O=C1CCC(N2C(=O)c3ccc(C4(O)CCN(Cc5ccc(C(F)(F)F)cc5)CC4)cc3C2=O)C(=O)N1. The van der Waals surface area contributed by atoms with Gasteiger partial charge in [-0.1, -0.05) is 18.2 Å². The van der Waals surface area contributed by atoms with Crippen molar-refractivity contribution in [2.45, 2.75) is 50.0 Å². The van der Waals surface area contributed by atoms with Gasteiger partial charge in [0.05, 0.1) is 22.3 Å². The summed E-state index contributed by atoms with van der Waals surface area (Å²) < 4.78 is 38.4. The van der Waals surface area contributed by atoms with Crippen LogP contribution in [0.25, 0.3) is 0 Å². The van der Waals surface area contributed by atoms with Crippen molar-refractivity contribution in [3.63, 3.8) is 0 Å². The number of piperidine rings is 2. The normalized spacial score (nSPS) is 22.3. The maximum atomic E-state index is 13.1. The number of rotatable bonds is 4. The lowest BCUT2D eigenvalue weighted by Crippen LogP contribution is -2.54. The number of imide groups is 2. The number of nitrogens with zero attached hydrogens (tertiary/aromatic N) is 2. The van der Waals surface area contributed by atoms with Gasteiger partial charge in [-0.05, 0) is 54.7 Å². The molecule has 1 unspecified atom stereocenters. The Morgan fingerprint density at radius 1 is 0.946 bits per heavy atom. The molecule has 1 atom stereocenters. The summed E-state index contributed by atoms with van der Waals surface area (Å²) in [5, 5.41) is 13.5. The fourth-order valence-corrected chi connectivity index (χ4v) is 5.19. The van der Waals surface area contributed by atoms with Crippen LogP contribution in [0.3, 0.4) is 0 Å². The number of amides is 4. The van der Waals surface area contributed by atoms with Crippen LogP contribution in [0.2, 0.25) is 0 Å². The van der Waals surface area contributed by atoms with E-state index in [0.29, 0.717) is 38.0 Å². The molecule has 0 aromatic heterocycles. The number of aliphatic hydroxyl groups is 1. The molecule has 2 saturated heterocycles.